The molecule has 0 amide bonds. The predicted molar refractivity (Wildman–Crippen MR) is 128 cm³/mol. The largest absolute Gasteiger partial charge is 0.492 e. The fraction of sp³-hybridized carbons (Fsp3) is 0.417. The standard InChI is InChI=1S/C24H30F2N4O3S/c1-5-13-34(31,32)16-19-9-10-21(25)24(23(19)26)30-15-22(27-28-30)18-7-6-8-20(14-18)33-12-11-29(4)17(2)3/h6-10,14-15,17H,5,11-13,16H2,1-4H3. The summed E-state index contributed by atoms with van der Waals surface area (Å²) in [6.45, 7) is 7.21. The highest BCUT2D eigenvalue weighted by molar-refractivity contribution is 7.90. The number of ether oxygens (including phenoxy) is 1. The van der Waals surface area contributed by atoms with E-state index in [0.717, 1.165) is 23.4 Å². The summed E-state index contributed by atoms with van der Waals surface area (Å²) in [6.07, 6.45) is 1.82. The molecular formula is C24H30F2N4O3S. The Labute approximate surface area is 199 Å². The summed E-state index contributed by atoms with van der Waals surface area (Å²) in [5.74, 6) is -1.77. The first-order valence-electron chi connectivity index (χ1n) is 11.1. The maximum Gasteiger partial charge on any atom is 0.156 e. The molecule has 2 aromatic carbocycles. The Kier molecular flexibility index (Phi) is 8.37. The van der Waals surface area contributed by atoms with E-state index in [1.165, 1.54) is 6.20 Å². The molecule has 1 heterocycles. The lowest BCUT2D eigenvalue weighted by molar-refractivity contribution is 0.208. The van der Waals surface area contributed by atoms with Crippen LogP contribution in [0.3, 0.4) is 0 Å². The van der Waals surface area contributed by atoms with Gasteiger partial charge in [0.25, 0.3) is 0 Å². The van der Waals surface area contributed by atoms with Crippen LogP contribution < -0.4 is 4.74 Å². The zero-order chi connectivity index (χ0) is 24.9. The summed E-state index contributed by atoms with van der Waals surface area (Å²) in [6, 6.07) is 9.80. The normalized spacial score (nSPS) is 12.0. The average molecular weight is 493 g/mol. The Balaban J connectivity index is 1.82. The van der Waals surface area contributed by atoms with Crippen molar-refractivity contribution in [1.82, 2.24) is 19.9 Å². The molecule has 7 nitrogen and oxygen atoms in total. The molecule has 1 aromatic heterocycles. The Morgan fingerprint density at radius 2 is 1.94 bits per heavy atom. The first kappa shape index (κ1) is 25.8. The number of aromatic nitrogens is 3. The van der Waals surface area contributed by atoms with Crippen molar-refractivity contribution in [3.8, 4) is 22.7 Å². The van der Waals surface area contributed by atoms with Crippen LogP contribution in [0.1, 0.15) is 32.8 Å². The van der Waals surface area contributed by atoms with E-state index < -0.39 is 32.9 Å². The summed E-state index contributed by atoms with van der Waals surface area (Å²) in [5, 5.41) is 7.93. The van der Waals surface area contributed by atoms with Gasteiger partial charge in [0.2, 0.25) is 0 Å². The molecule has 34 heavy (non-hydrogen) atoms. The second-order valence-corrected chi connectivity index (χ2v) is 10.6. The van der Waals surface area contributed by atoms with Crippen molar-refractivity contribution in [1.29, 1.82) is 0 Å². The molecule has 0 saturated heterocycles. The first-order chi connectivity index (χ1) is 16.1. The molecule has 3 rings (SSSR count). The zero-order valence-corrected chi connectivity index (χ0v) is 20.6. The Morgan fingerprint density at radius 1 is 1.18 bits per heavy atom. The molecule has 10 heteroatoms. The fourth-order valence-corrected chi connectivity index (χ4v) is 4.80. The van der Waals surface area contributed by atoms with Crippen LogP contribution in [0.15, 0.2) is 42.6 Å². The van der Waals surface area contributed by atoms with Gasteiger partial charge in [-0.1, -0.05) is 30.3 Å². The molecule has 0 aliphatic rings. The highest BCUT2D eigenvalue weighted by Crippen LogP contribution is 2.26. The highest BCUT2D eigenvalue weighted by atomic mass is 32.2. The lowest BCUT2D eigenvalue weighted by Crippen LogP contribution is -2.30. The van der Waals surface area contributed by atoms with E-state index in [0.29, 0.717) is 36.1 Å². The second-order valence-electron chi connectivity index (χ2n) is 8.46. The fourth-order valence-electron chi connectivity index (χ4n) is 3.34. The third kappa shape index (κ3) is 6.38. The van der Waals surface area contributed by atoms with Crippen molar-refractivity contribution in [2.75, 3.05) is 26.0 Å². The van der Waals surface area contributed by atoms with Gasteiger partial charge in [-0.15, -0.1) is 5.10 Å². The average Bonchev–Trinajstić information content (AvgIpc) is 3.25. The topological polar surface area (TPSA) is 77.3 Å². The van der Waals surface area contributed by atoms with Gasteiger partial charge in [0.1, 0.15) is 23.7 Å². The molecule has 0 aliphatic heterocycles. The van der Waals surface area contributed by atoms with Gasteiger partial charge in [-0.2, -0.15) is 0 Å². The van der Waals surface area contributed by atoms with Crippen LogP contribution in [-0.2, 0) is 15.6 Å². The summed E-state index contributed by atoms with van der Waals surface area (Å²) >= 11 is 0. The van der Waals surface area contributed by atoms with Gasteiger partial charge in [0, 0.05) is 23.7 Å². The molecule has 0 N–H and O–H groups in total. The lowest BCUT2D eigenvalue weighted by Gasteiger charge is -2.20. The summed E-state index contributed by atoms with van der Waals surface area (Å²) in [7, 11) is -1.48. The maximum atomic E-state index is 15.1. The number of rotatable bonds is 11. The molecule has 0 fully saturated rings. The highest BCUT2D eigenvalue weighted by Gasteiger charge is 2.21. The lowest BCUT2D eigenvalue weighted by atomic mass is 10.1. The van der Waals surface area contributed by atoms with Gasteiger partial charge in [0.15, 0.2) is 21.5 Å². The molecule has 184 valence electrons. The molecule has 0 unspecified atom stereocenters. The Morgan fingerprint density at radius 3 is 2.65 bits per heavy atom. The smallest absolute Gasteiger partial charge is 0.156 e. The molecule has 0 spiro atoms. The molecule has 0 radical (unpaired) electrons. The van der Waals surface area contributed by atoms with Crippen LogP contribution in [0.25, 0.3) is 16.9 Å². The number of hydrogen-bond donors (Lipinski definition) is 0. The third-order valence-electron chi connectivity index (χ3n) is 5.48. The predicted octanol–water partition coefficient (Wildman–Crippen LogP) is 4.26. The van der Waals surface area contributed by atoms with Crippen molar-refractivity contribution >= 4 is 9.84 Å². The van der Waals surface area contributed by atoms with Crippen LogP contribution in [0.5, 0.6) is 5.75 Å². The van der Waals surface area contributed by atoms with Crippen molar-refractivity contribution in [2.24, 2.45) is 0 Å². The number of benzene rings is 2. The summed E-state index contributed by atoms with van der Waals surface area (Å²) in [4.78, 5) is 2.17. The third-order valence-corrected chi connectivity index (χ3v) is 7.27. The summed E-state index contributed by atoms with van der Waals surface area (Å²) in [5.41, 5.74) is 0.492. The van der Waals surface area contributed by atoms with E-state index in [1.54, 1.807) is 25.1 Å². The zero-order valence-electron chi connectivity index (χ0n) is 19.8. The minimum absolute atomic E-state index is 0.0706. The van der Waals surface area contributed by atoms with Crippen LogP contribution in [0.2, 0.25) is 0 Å². The molecule has 0 saturated carbocycles. The van der Waals surface area contributed by atoms with Gasteiger partial charge in [-0.05, 0) is 45.5 Å². The van der Waals surface area contributed by atoms with E-state index in [2.05, 4.69) is 29.1 Å². The van der Waals surface area contributed by atoms with Gasteiger partial charge >= 0.3 is 0 Å². The number of sulfone groups is 1. The maximum absolute atomic E-state index is 15.1. The van der Waals surface area contributed by atoms with Gasteiger partial charge in [-0.25, -0.2) is 21.9 Å². The van der Waals surface area contributed by atoms with Crippen LogP contribution >= 0.6 is 0 Å². The monoisotopic (exact) mass is 492 g/mol. The van der Waals surface area contributed by atoms with E-state index in [4.69, 9.17) is 4.74 Å². The number of halogens is 2. The molecule has 0 atom stereocenters. The van der Waals surface area contributed by atoms with E-state index in [9.17, 15) is 12.8 Å². The first-order valence-corrected chi connectivity index (χ1v) is 13.0. The van der Waals surface area contributed by atoms with Gasteiger partial charge in [-0.3, -0.25) is 0 Å². The SMILES string of the molecule is CCCS(=O)(=O)Cc1ccc(F)c(-n2cc(-c3cccc(OCCN(C)C(C)C)c3)nn2)c1F. The Hall–Kier alpha value is -2.85. The van der Waals surface area contributed by atoms with Crippen molar-refractivity contribution in [3.05, 3.63) is 59.8 Å². The molecular weight excluding hydrogens is 462 g/mol. The summed E-state index contributed by atoms with van der Waals surface area (Å²) < 4.78 is 60.7. The number of hydrogen-bond acceptors (Lipinski definition) is 6. The van der Waals surface area contributed by atoms with Crippen molar-refractivity contribution in [2.45, 2.75) is 39.0 Å². The van der Waals surface area contributed by atoms with Crippen molar-refractivity contribution in [3.63, 3.8) is 0 Å². The molecule has 0 bridgehead atoms. The van der Waals surface area contributed by atoms with Crippen LogP contribution in [0.4, 0.5) is 8.78 Å². The molecule has 0 aliphatic carbocycles. The Bertz CT molecular complexity index is 1230. The van der Waals surface area contributed by atoms with Crippen LogP contribution in [0, 0.1) is 11.6 Å². The van der Waals surface area contributed by atoms with Crippen molar-refractivity contribution < 1.29 is 21.9 Å². The second kappa shape index (κ2) is 11.1. The van der Waals surface area contributed by atoms with E-state index >= 15 is 4.39 Å². The number of nitrogens with zero attached hydrogens (tertiary/aromatic N) is 4. The van der Waals surface area contributed by atoms with E-state index in [-0.39, 0.29) is 11.3 Å². The minimum Gasteiger partial charge on any atom is -0.492 e. The van der Waals surface area contributed by atoms with Gasteiger partial charge in [0.05, 0.1) is 17.7 Å². The van der Waals surface area contributed by atoms with E-state index in [1.807, 2.05) is 13.1 Å². The minimum atomic E-state index is -3.50. The van der Waals surface area contributed by atoms with Crippen LogP contribution in [-0.4, -0.2) is 60.3 Å². The number of likely N-dealkylation sites (N-methyl/N-ethyl adjacent to an activating group) is 1. The molecule has 3 aromatic rings. The van der Waals surface area contributed by atoms with Gasteiger partial charge < -0.3 is 9.64 Å². The quantitative estimate of drug-likeness (QED) is 0.398.